The first-order valence-corrected chi connectivity index (χ1v) is 7.48. The van der Waals surface area contributed by atoms with Crippen molar-refractivity contribution in [1.29, 1.82) is 0 Å². The number of ether oxygens (including phenoxy) is 1. The molecule has 0 amide bonds. The minimum absolute atomic E-state index is 0.137. The van der Waals surface area contributed by atoms with Crippen LogP contribution in [0.1, 0.15) is 44.1 Å². The molecule has 3 nitrogen and oxygen atoms in total. The Morgan fingerprint density at radius 1 is 1.47 bits per heavy atom. The SMILES string of the molecule is OC(CCc1cccnc1)C1CCOC2(CCC2)C1. The fraction of sp³-hybridized carbons (Fsp3) is 0.688. The third-order valence-electron chi connectivity index (χ3n) is 4.79. The predicted octanol–water partition coefficient (Wildman–Crippen LogP) is 2.72. The lowest BCUT2D eigenvalue weighted by Gasteiger charge is -2.48. The van der Waals surface area contributed by atoms with Gasteiger partial charge in [0.25, 0.3) is 0 Å². The zero-order valence-electron chi connectivity index (χ0n) is 11.4. The first-order chi connectivity index (χ1) is 9.27. The molecular weight excluding hydrogens is 238 g/mol. The molecule has 0 radical (unpaired) electrons. The summed E-state index contributed by atoms with van der Waals surface area (Å²) in [6, 6.07) is 4.04. The predicted molar refractivity (Wildman–Crippen MR) is 73.8 cm³/mol. The van der Waals surface area contributed by atoms with Crippen molar-refractivity contribution in [3.63, 3.8) is 0 Å². The minimum atomic E-state index is -0.193. The molecule has 1 aliphatic carbocycles. The summed E-state index contributed by atoms with van der Waals surface area (Å²) in [5, 5.41) is 10.4. The number of rotatable bonds is 4. The summed E-state index contributed by atoms with van der Waals surface area (Å²) in [5.74, 6) is 0.422. The van der Waals surface area contributed by atoms with Crippen molar-refractivity contribution < 1.29 is 9.84 Å². The summed E-state index contributed by atoms with van der Waals surface area (Å²) in [4.78, 5) is 4.12. The molecule has 1 spiro atoms. The fourth-order valence-corrected chi connectivity index (χ4v) is 3.41. The van der Waals surface area contributed by atoms with Gasteiger partial charge in [-0.05, 0) is 62.5 Å². The molecule has 0 bridgehead atoms. The summed E-state index contributed by atoms with van der Waals surface area (Å²) < 4.78 is 5.92. The van der Waals surface area contributed by atoms with Crippen molar-refractivity contribution >= 4 is 0 Å². The molecule has 1 aliphatic heterocycles. The molecule has 19 heavy (non-hydrogen) atoms. The van der Waals surface area contributed by atoms with Gasteiger partial charge in [0.05, 0.1) is 11.7 Å². The van der Waals surface area contributed by atoms with Crippen molar-refractivity contribution in [2.24, 2.45) is 5.92 Å². The van der Waals surface area contributed by atoms with Crippen LogP contribution in [0.4, 0.5) is 0 Å². The van der Waals surface area contributed by atoms with Gasteiger partial charge in [0.15, 0.2) is 0 Å². The van der Waals surface area contributed by atoms with E-state index >= 15 is 0 Å². The van der Waals surface area contributed by atoms with Crippen LogP contribution in [0, 0.1) is 5.92 Å². The third kappa shape index (κ3) is 2.98. The van der Waals surface area contributed by atoms with Crippen LogP contribution in [-0.4, -0.2) is 28.4 Å². The van der Waals surface area contributed by atoms with Crippen LogP contribution < -0.4 is 0 Å². The Bertz CT molecular complexity index is 402. The zero-order valence-corrected chi connectivity index (χ0v) is 11.4. The number of hydrogen-bond acceptors (Lipinski definition) is 3. The van der Waals surface area contributed by atoms with Crippen LogP contribution in [0.2, 0.25) is 0 Å². The van der Waals surface area contributed by atoms with Gasteiger partial charge < -0.3 is 9.84 Å². The number of aromatic nitrogens is 1. The number of aliphatic hydroxyl groups excluding tert-OH is 1. The van der Waals surface area contributed by atoms with Gasteiger partial charge in [0.1, 0.15) is 0 Å². The largest absolute Gasteiger partial charge is 0.393 e. The first-order valence-electron chi connectivity index (χ1n) is 7.48. The van der Waals surface area contributed by atoms with Gasteiger partial charge in [-0.2, -0.15) is 0 Å². The highest BCUT2D eigenvalue weighted by molar-refractivity contribution is 5.08. The minimum Gasteiger partial charge on any atom is -0.393 e. The Hall–Kier alpha value is -0.930. The van der Waals surface area contributed by atoms with E-state index in [1.54, 1.807) is 6.20 Å². The average Bonchev–Trinajstić information content (AvgIpc) is 2.44. The van der Waals surface area contributed by atoms with Gasteiger partial charge in [0, 0.05) is 19.0 Å². The van der Waals surface area contributed by atoms with Gasteiger partial charge in [-0.25, -0.2) is 0 Å². The van der Waals surface area contributed by atoms with Gasteiger partial charge in [-0.3, -0.25) is 4.98 Å². The number of nitrogens with zero attached hydrogens (tertiary/aromatic N) is 1. The summed E-state index contributed by atoms with van der Waals surface area (Å²) in [6.45, 7) is 0.828. The Kier molecular flexibility index (Phi) is 3.85. The molecule has 2 heterocycles. The summed E-state index contributed by atoms with van der Waals surface area (Å²) in [7, 11) is 0. The number of aliphatic hydroxyl groups is 1. The van der Waals surface area contributed by atoms with Crippen LogP contribution in [0.15, 0.2) is 24.5 Å². The third-order valence-corrected chi connectivity index (χ3v) is 4.79. The van der Waals surface area contributed by atoms with Crippen LogP contribution in [0.3, 0.4) is 0 Å². The molecule has 2 aliphatic rings. The second kappa shape index (κ2) is 5.59. The van der Waals surface area contributed by atoms with E-state index in [1.807, 2.05) is 12.3 Å². The van der Waals surface area contributed by atoms with E-state index in [0.29, 0.717) is 5.92 Å². The van der Waals surface area contributed by atoms with Crippen LogP contribution in [-0.2, 0) is 11.2 Å². The maximum absolute atomic E-state index is 10.4. The van der Waals surface area contributed by atoms with Gasteiger partial charge >= 0.3 is 0 Å². The van der Waals surface area contributed by atoms with E-state index in [9.17, 15) is 5.11 Å². The molecule has 2 atom stereocenters. The highest BCUT2D eigenvalue weighted by Crippen LogP contribution is 2.45. The van der Waals surface area contributed by atoms with Gasteiger partial charge in [-0.1, -0.05) is 6.07 Å². The molecular formula is C16H23NO2. The van der Waals surface area contributed by atoms with E-state index < -0.39 is 0 Å². The maximum atomic E-state index is 10.4. The van der Waals surface area contributed by atoms with Crippen LogP contribution >= 0.6 is 0 Å². The fourth-order valence-electron chi connectivity index (χ4n) is 3.41. The molecule has 2 unspecified atom stereocenters. The molecule has 1 N–H and O–H groups in total. The Labute approximate surface area is 115 Å². The van der Waals surface area contributed by atoms with E-state index in [4.69, 9.17) is 4.74 Å². The molecule has 1 aromatic heterocycles. The Morgan fingerprint density at radius 2 is 2.37 bits per heavy atom. The van der Waals surface area contributed by atoms with E-state index in [1.165, 1.54) is 24.8 Å². The topological polar surface area (TPSA) is 42.4 Å². The number of pyridine rings is 1. The molecule has 1 saturated heterocycles. The molecule has 3 heteroatoms. The number of aryl methyl sites for hydroxylation is 1. The van der Waals surface area contributed by atoms with Crippen molar-refractivity contribution in [2.75, 3.05) is 6.61 Å². The lowest BCUT2D eigenvalue weighted by molar-refractivity contribution is -0.157. The van der Waals surface area contributed by atoms with Crippen molar-refractivity contribution in [3.8, 4) is 0 Å². The monoisotopic (exact) mass is 261 g/mol. The highest BCUT2D eigenvalue weighted by atomic mass is 16.5. The Morgan fingerprint density at radius 3 is 3.05 bits per heavy atom. The normalized spacial score (nSPS) is 26.9. The molecule has 0 aromatic carbocycles. The van der Waals surface area contributed by atoms with Gasteiger partial charge in [-0.15, -0.1) is 0 Å². The molecule has 1 aromatic rings. The van der Waals surface area contributed by atoms with Crippen LogP contribution in [0.25, 0.3) is 0 Å². The Balaban J connectivity index is 1.51. The van der Waals surface area contributed by atoms with E-state index in [0.717, 1.165) is 32.3 Å². The standard InChI is InChI=1S/C16H23NO2/c18-15(5-4-13-3-1-9-17-12-13)14-6-10-19-16(11-14)7-2-8-16/h1,3,9,12,14-15,18H,2,4-8,10-11H2. The highest BCUT2D eigenvalue weighted by Gasteiger charge is 2.43. The number of hydrogen-bond donors (Lipinski definition) is 1. The molecule has 2 fully saturated rings. The first kappa shape index (κ1) is 13.1. The van der Waals surface area contributed by atoms with Crippen LogP contribution in [0.5, 0.6) is 0 Å². The average molecular weight is 261 g/mol. The second-order valence-electron chi connectivity index (χ2n) is 6.11. The smallest absolute Gasteiger partial charge is 0.0686 e. The van der Waals surface area contributed by atoms with E-state index in [-0.39, 0.29) is 11.7 Å². The summed E-state index contributed by atoms with van der Waals surface area (Å²) in [6.07, 6.45) is 11.0. The summed E-state index contributed by atoms with van der Waals surface area (Å²) >= 11 is 0. The lowest BCUT2D eigenvalue weighted by atomic mass is 9.70. The summed E-state index contributed by atoms with van der Waals surface area (Å²) in [5.41, 5.74) is 1.35. The second-order valence-corrected chi connectivity index (χ2v) is 6.11. The quantitative estimate of drug-likeness (QED) is 0.906. The van der Waals surface area contributed by atoms with Crippen molar-refractivity contribution in [1.82, 2.24) is 4.98 Å². The van der Waals surface area contributed by atoms with Crippen molar-refractivity contribution in [2.45, 2.75) is 56.7 Å². The molecule has 104 valence electrons. The zero-order chi connectivity index (χ0) is 13.1. The maximum Gasteiger partial charge on any atom is 0.0686 e. The van der Waals surface area contributed by atoms with Gasteiger partial charge in [0.2, 0.25) is 0 Å². The van der Waals surface area contributed by atoms with Crippen molar-refractivity contribution in [3.05, 3.63) is 30.1 Å². The lowest BCUT2D eigenvalue weighted by Crippen LogP contribution is -2.47. The van der Waals surface area contributed by atoms with E-state index in [2.05, 4.69) is 11.1 Å². The molecule has 3 rings (SSSR count). The molecule has 1 saturated carbocycles.